The van der Waals surface area contributed by atoms with E-state index in [9.17, 15) is 0 Å². The van der Waals surface area contributed by atoms with Gasteiger partial charge in [0.05, 0.1) is 0 Å². The van der Waals surface area contributed by atoms with Gasteiger partial charge in [0.15, 0.2) is 0 Å². The van der Waals surface area contributed by atoms with E-state index in [1.165, 1.54) is 17.7 Å². The van der Waals surface area contributed by atoms with Crippen LogP contribution in [0.2, 0.25) is 0 Å². The second kappa shape index (κ2) is 8.44. The number of rotatable bonds is 8. The molecule has 3 heteroatoms. The number of nitrogens with one attached hydrogen (secondary N) is 1. The fourth-order valence-corrected chi connectivity index (χ4v) is 2.41. The van der Waals surface area contributed by atoms with Crippen LogP contribution in [0.25, 0.3) is 0 Å². The van der Waals surface area contributed by atoms with Gasteiger partial charge in [-0.1, -0.05) is 25.5 Å². The van der Waals surface area contributed by atoms with Crippen LogP contribution in [0, 0.1) is 0 Å². The maximum absolute atomic E-state index is 5.98. The minimum Gasteiger partial charge on any atom is -0.488 e. The molecule has 0 saturated carbocycles. The summed E-state index contributed by atoms with van der Waals surface area (Å²) in [4.78, 5) is 1.20. The fraction of sp³-hybridized carbons (Fsp3) is 0.600. The molecule has 2 nitrogen and oxygen atoms in total. The van der Waals surface area contributed by atoms with Crippen LogP contribution in [0.3, 0.4) is 0 Å². The molecule has 18 heavy (non-hydrogen) atoms. The van der Waals surface area contributed by atoms with Crippen molar-refractivity contribution in [3.8, 4) is 5.75 Å². The van der Waals surface area contributed by atoms with Crippen molar-refractivity contribution in [3.63, 3.8) is 0 Å². The van der Waals surface area contributed by atoms with E-state index in [2.05, 4.69) is 38.4 Å². The van der Waals surface area contributed by atoms with Crippen molar-refractivity contribution < 1.29 is 4.74 Å². The van der Waals surface area contributed by atoms with Gasteiger partial charge in [0, 0.05) is 17.5 Å². The van der Waals surface area contributed by atoms with Gasteiger partial charge in [-0.3, -0.25) is 0 Å². The molecule has 0 amide bonds. The Kier molecular flexibility index (Phi) is 7.21. The molecule has 1 aromatic carbocycles. The molecule has 1 rings (SSSR count). The highest BCUT2D eigenvalue weighted by molar-refractivity contribution is 7.98. The zero-order valence-electron chi connectivity index (χ0n) is 11.9. The van der Waals surface area contributed by atoms with Gasteiger partial charge in [-0.2, -0.15) is 0 Å². The van der Waals surface area contributed by atoms with Gasteiger partial charge in [0.2, 0.25) is 0 Å². The molecule has 1 N–H and O–H groups in total. The number of thioether (sulfide) groups is 1. The minimum absolute atomic E-state index is 0.192. The van der Waals surface area contributed by atoms with Crippen molar-refractivity contribution in [2.24, 2.45) is 0 Å². The lowest BCUT2D eigenvalue weighted by Gasteiger charge is -2.20. The maximum Gasteiger partial charge on any atom is 0.133 e. The number of para-hydroxylation sites is 1. The van der Waals surface area contributed by atoms with E-state index < -0.39 is 0 Å². The molecule has 102 valence electrons. The summed E-state index contributed by atoms with van der Waals surface area (Å²) in [6, 6.07) is 8.77. The van der Waals surface area contributed by atoms with Gasteiger partial charge in [0.25, 0.3) is 0 Å². The molecular formula is C15H25NOS. The van der Waals surface area contributed by atoms with Crippen LogP contribution in [-0.4, -0.2) is 24.9 Å². The zero-order valence-corrected chi connectivity index (χ0v) is 12.7. The summed E-state index contributed by atoms with van der Waals surface area (Å²) in [6.45, 7) is 7.45. The molecule has 0 spiro atoms. The van der Waals surface area contributed by atoms with Crippen LogP contribution in [0.15, 0.2) is 29.2 Å². The normalized spacial score (nSPS) is 14.2. The highest BCUT2D eigenvalue weighted by atomic mass is 32.2. The standard InChI is InChI=1S/C15H25NOS/c1-5-8-12(2)16-11-13(3)17-14-9-6-7-10-15(14)18-4/h6-7,9-10,12-13,16H,5,8,11H2,1-4H3. The third kappa shape index (κ3) is 5.32. The van der Waals surface area contributed by atoms with E-state index in [1.807, 2.05) is 18.2 Å². The van der Waals surface area contributed by atoms with E-state index in [0.717, 1.165) is 12.3 Å². The summed E-state index contributed by atoms with van der Waals surface area (Å²) in [5.74, 6) is 0.988. The topological polar surface area (TPSA) is 21.3 Å². The summed E-state index contributed by atoms with van der Waals surface area (Å²) in [7, 11) is 0. The lowest BCUT2D eigenvalue weighted by atomic mass is 10.2. The first-order chi connectivity index (χ1) is 8.67. The summed E-state index contributed by atoms with van der Waals surface area (Å²) in [5, 5.41) is 3.51. The van der Waals surface area contributed by atoms with E-state index in [4.69, 9.17) is 4.74 Å². The van der Waals surface area contributed by atoms with Crippen LogP contribution in [0.4, 0.5) is 0 Å². The summed E-state index contributed by atoms with van der Waals surface area (Å²) in [6.07, 6.45) is 4.71. The van der Waals surface area contributed by atoms with E-state index >= 15 is 0 Å². The summed E-state index contributed by atoms with van der Waals surface area (Å²) >= 11 is 1.72. The Morgan fingerprint density at radius 3 is 2.67 bits per heavy atom. The van der Waals surface area contributed by atoms with Gasteiger partial charge in [-0.25, -0.2) is 0 Å². The Morgan fingerprint density at radius 1 is 1.28 bits per heavy atom. The third-order valence-corrected chi connectivity index (χ3v) is 3.65. The molecule has 0 radical (unpaired) electrons. The monoisotopic (exact) mass is 267 g/mol. The van der Waals surface area contributed by atoms with Crippen LogP contribution in [0.5, 0.6) is 5.75 Å². The van der Waals surface area contributed by atoms with Crippen LogP contribution < -0.4 is 10.1 Å². The number of benzene rings is 1. The predicted octanol–water partition coefficient (Wildman–Crippen LogP) is 3.95. The zero-order chi connectivity index (χ0) is 13.4. The first-order valence-electron chi connectivity index (χ1n) is 6.70. The third-order valence-electron chi connectivity index (χ3n) is 2.87. The Labute approximate surface area is 116 Å². The highest BCUT2D eigenvalue weighted by Crippen LogP contribution is 2.27. The fourth-order valence-electron chi connectivity index (χ4n) is 1.88. The smallest absolute Gasteiger partial charge is 0.133 e. The highest BCUT2D eigenvalue weighted by Gasteiger charge is 2.08. The second-order valence-corrected chi connectivity index (χ2v) is 5.53. The number of hydrogen-bond acceptors (Lipinski definition) is 3. The molecule has 2 atom stereocenters. The Hall–Kier alpha value is -0.670. The second-order valence-electron chi connectivity index (χ2n) is 4.68. The Bertz CT molecular complexity index is 343. The van der Waals surface area contributed by atoms with Crippen molar-refractivity contribution in [1.29, 1.82) is 0 Å². The van der Waals surface area contributed by atoms with Crippen LogP contribution in [-0.2, 0) is 0 Å². The lowest BCUT2D eigenvalue weighted by Crippen LogP contribution is -2.35. The average Bonchev–Trinajstić information content (AvgIpc) is 2.37. The molecule has 0 aliphatic carbocycles. The number of ether oxygens (including phenoxy) is 1. The Balaban J connectivity index is 2.41. The molecule has 0 fully saturated rings. The minimum atomic E-state index is 0.192. The molecule has 1 aromatic rings. The van der Waals surface area contributed by atoms with Gasteiger partial charge in [-0.05, 0) is 38.7 Å². The lowest BCUT2D eigenvalue weighted by molar-refractivity contribution is 0.206. The molecule has 2 unspecified atom stereocenters. The van der Waals surface area contributed by atoms with E-state index in [-0.39, 0.29) is 6.10 Å². The Morgan fingerprint density at radius 2 is 2.00 bits per heavy atom. The largest absolute Gasteiger partial charge is 0.488 e. The molecule has 0 aliphatic rings. The molecule has 0 aliphatic heterocycles. The summed E-state index contributed by atoms with van der Waals surface area (Å²) < 4.78 is 5.98. The summed E-state index contributed by atoms with van der Waals surface area (Å²) in [5.41, 5.74) is 0. The quantitative estimate of drug-likeness (QED) is 0.721. The first kappa shape index (κ1) is 15.4. The van der Waals surface area contributed by atoms with Crippen molar-refractivity contribution >= 4 is 11.8 Å². The molecule has 0 saturated heterocycles. The van der Waals surface area contributed by atoms with Crippen molar-refractivity contribution in [3.05, 3.63) is 24.3 Å². The van der Waals surface area contributed by atoms with E-state index in [1.54, 1.807) is 11.8 Å². The predicted molar refractivity (Wildman–Crippen MR) is 80.7 cm³/mol. The molecule has 0 bridgehead atoms. The SMILES string of the molecule is CCCC(C)NCC(C)Oc1ccccc1SC. The van der Waals surface area contributed by atoms with Crippen molar-refractivity contribution in [2.45, 2.75) is 50.7 Å². The average molecular weight is 267 g/mol. The van der Waals surface area contributed by atoms with Crippen molar-refractivity contribution in [2.75, 3.05) is 12.8 Å². The van der Waals surface area contributed by atoms with Gasteiger partial charge in [-0.15, -0.1) is 11.8 Å². The maximum atomic E-state index is 5.98. The number of hydrogen-bond donors (Lipinski definition) is 1. The first-order valence-corrected chi connectivity index (χ1v) is 7.92. The van der Waals surface area contributed by atoms with Crippen molar-refractivity contribution in [1.82, 2.24) is 5.32 Å². The van der Waals surface area contributed by atoms with Crippen LogP contribution >= 0.6 is 11.8 Å². The van der Waals surface area contributed by atoms with Crippen LogP contribution in [0.1, 0.15) is 33.6 Å². The van der Waals surface area contributed by atoms with Gasteiger partial charge in [0.1, 0.15) is 11.9 Å². The van der Waals surface area contributed by atoms with Gasteiger partial charge >= 0.3 is 0 Å². The molecular weight excluding hydrogens is 242 g/mol. The molecule has 0 heterocycles. The molecule has 0 aromatic heterocycles. The van der Waals surface area contributed by atoms with E-state index in [0.29, 0.717) is 6.04 Å². The van der Waals surface area contributed by atoms with Gasteiger partial charge < -0.3 is 10.1 Å².